The number of para-hydroxylation sites is 1. The van der Waals surface area contributed by atoms with Crippen LogP contribution in [0.25, 0.3) is 0 Å². The Labute approximate surface area is 171 Å². The van der Waals surface area contributed by atoms with Gasteiger partial charge in [-0.2, -0.15) is 0 Å². The summed E-state index contributed by atoms with van der Waals surface area (Å²) in [6, 6.07) is 11.0. The molecular weight excluding hydrogens is 396 g/mol. The van der Waals surface area contributed by atoms with Crippen LogP contribution >= 0.6 is 0 Å². The van der Waals surface area contributed by atoms with E-state index in [4.69, 9.17) is 14.2 Å². The van der Waals surface area contributed by atoms with E-state index < -0.39 is 22.0 Å². The molecule has 2 aromatic carbocycles. The number of hydrogen-bond donors (Lipinski definition) is 1. The van der Waals surface area contributed by atoms with Crippen molar-refractivity contribution in [3.63, 3.8) is 0 Å². The van der Waals surface area contributed by atoms with Crippen LogP contribution in [0.5, 0.6) is 17.2 Å². The van der Waals surface area contributed by atoms with Gasteiger partial charge in [0.05, 0.1) is 33.3 Å². The van der Waals surface area contributed by atoms with Gasteiger partial charge in [-0.3, -0.25) is 9.10 Å². The first-order valence-corrected chi connectivity index (χ1v) is 10.7. The summed E-state index contributed by atoms with van der Waals surface area (Å²) in [6.07, 6.45) is 1.04. The summed E-state index contributed by atoms with van der Waals surface area (Å²) in [6.45, 7) is 1.71. The van der Waals surface area contributed by atoms with Gasteiger partial charge >= 0.3 is 0 Å². The Morgan fingerprint density at radius 2 is 1.69 bits per heavy atom. The van der Waals surface area contributed by atoms with Crippen LogP contribution in [0.4, 0.5) is 5.69 Å². The molecule has 0 bridgehead atoms. The number of benzene rings is 2. The van der Waals surface area contributed by atoms with Crippen molar-refractivity contribution in [1.82, 2.24) is 5.32 Å². The average molecular weight is 423 g/mol. The molecule has 1 N–H and O–H groups in total. The molecule has 0 heterocycles. The van der Waals surface area contributed by atoms with Gasteiger partial charge in [0.25, 0.3) is 0 Å². The van der Waals surface area contributed by atoms with Crippen LogP contribution in [0.3, 0.4) is 0 Å². The second-order valence-electron chi connectivity index (χ2n) is 6.30. The number of amides is 1. The highest BCUT2D eigenvalue weighted by atomic mass is 32.2. The molecule has 158 valence electrons. The van der Waals surface area contributed by atoms with E-state index in [0.717, 1.165) is 16.1 Å². The lowest BCUT2D eigenvalue weighted by Gasteiger charge is -2.29. The van der Waals surface area contributed by atoms with Crippen LogP contribution in [0.15, 0.2) is 42.5 Å². The number of carbonyl (C=O) groups is 1. The molecule has 0 aliphatic heterocycles. The topological polar surface area (TPSA) is 94.2 Å². The molecule has 2 rings (SSSR count). The molecule has 0 fully saturated rings. The van der Waals surface area contributed by atoms with Gasteiger partial charge in [-0.1, -0.05) is 18.2 Å². The van der Waals surface area contributed by atoms with Crippen LogP contribution in [-0.4, -0.2) is 48.0 Å². The molecule has 0 saturated carbocycles. The molecule has 0 aromatic heterocycles. The summed E-state index contributed by atoms with van der Waals surface area (Å²) in [7, 11) is 0.643. The second-order valence-corrected chi connectivity index (χ2v) is 8.16. The van der Waals surface area contributed by atoms with E-state index in [2.05, 4.69) is 5.32 Å². The number of methoxy groups -OCH3 is 3. The molecule has 0 radical (unpaired) electrons. The number of anilines is 1. The van der Waals surface area contributed by atoms with Gasteiger partial charge in [0.15, 0.2) is 0 Å². The summed E-state index contributed by atoms with van der Waals surface area (Å²) < 4.78 is 41.9. The Bertz CT molecular complexity index is 961. The smallest absolute Gasteiger partial charge is 0.243 e. The Kier molecular flexibility index (Phi) is 7.33. The number of nitrogens with one attached hydrogen (secondary N) is 1. The van der Waals surface area contributed by atoms with Crippen molar-refractivity contribution < 1.29 is 27.4 Å². The zero-order valence-corrected chi connectivity index (χ0v) is 17.9. The van der Waals surface area contributed by atoms with Gasteiger partial charge < -0.3 is 19.5 Å². The van der Waals surface area contributed by atoms with Gasteiger partial charge in [-0.15, -0.1) is 0 Å². The van der Waals surface area contributed by atoms with E-state index in [-0.39, 0.29) is 12.2 Å². The first kappa shape index (κ1) is 22.4. The SMILES string of the molecule is COc1ccc(OC)c(N(C(C)C(=O)NCc2ccccc2OC)S(C)(=O)=O)c1. The Morgan fingerprint density at radius 3 is 2.28 bits per heavy atom. The summed E-state index contributed by atoms with van der Waals surface area (Å²) in [5, 5.41) is 2.76. The normalized spacial score (nSPS) is 12.0. The maximum Gasteiger partial charge on any atom is 0.243 e. The minimum atomic E-state index is -3.80. The minimum absolute atomic E-state index is 0.194. The number of rotatable bonds is 9. The maximum absolute atomic E-state index is 12.8. The van der Waals surface area contributed by atoms with Crippen LogP contribution < -0.4 is 23.8 Å². The van der Waals surface area contributed by atoms with E-state index in [1.807, 2.05) is 18.2 Å². The molecule has 0 spiro atoms. The van der Waals surface area contributed by atoms with Gasteiger partial charge in [0.2, 0.25) is 15.9 Å². The van der Waals surface area contributed by atoms with E-state index in [0.29, 0.717) is 17.2 Å². The molecule has 8 nitrogen and oxygen atoms in total. The first-order chi connectivity index (χ1) is 13.7. The number of ether oxygens (including phenoxy) is 3. The average Bonchev–Trinajstić information content (AvgIpc) is 2.71. The molecule has 2 aromatic rings. The van der Waals surface area contributed by atoms with Crippen molar-refractivity contribution >= 4 is 21.6 Å². The molecule has 29 heavy (non-hydrogen) atoms. The fourth-order valence-electron chi connectivity index (χ4n) is 2.93. The van der Waals surface area contributed by atoms with Crippen LogP contribution in [0, 0.1) is 0 Å². The molecule has 1 unspecified atom stereocenters. The minimum Gasteiger partial charge on any atom is -0.497 e. The molecule has 0 aliphatic rings. The molecular formula is C20H26N2O6S. The van der Waals surface area contributed by atoms with E-state index in [1.54, 1.807) is 25.3 Å². The van der Waals surface area contributed by atoms with Crippen molar-refractivity contribution in [3.05, 3.63) is 48.0 Å². The lowest BCUT2D eigenvalue weighted by atomic mass is 10.2. The van der Waals surface area contributed by atoms with Crippen LogP contribution in [0.2, 0.25) is 0 Å². The number of carbonyl (C=O) groups excluding carboxylic acids is 1. The lowest BCUT2D eigenvalue weighted by molar-refractivity contribution is -0.122. The highest BCUT2D eigenvalue weighted by Gasteiger charge is 2.31. The second kappa shape index (κ2) is 9.51. The van der Waals surface area contributed by atoms with Gasteiger partial charge in [-0.05, 0) is 25.1 Å². The first-order valence-electron chi connectivity index (χ1n) is 8.84. The molecule has 9 heteroatoms. The monoisotopic (exact) mass is 422 g/mol. The van der Waals surface area contributed by atoms with Crippen molar-refractivity contribution in [3.8, 4) is 17.2 Å². The predicted molar refractivity (Wildman–Crippen MR) is 111 cm³/mol. The van der Waals surface area contributed by atoms with E-state index in [9.17, 15) is 13.2 Å². The van der Waals surface area contributed by atoms with Crippen molar-refractivity contribution in [1.29, 1.82) is 0 Å². The Hall–Kier alpha value is -2.94. The summed E-state index contributed by atoms with van der Waals surface area (Å²) in [5.74, 6) is 0.915. The van der Waals surface area contributed by atoms with Gasteiger partial charge in [0.1, 0.15) is 23.3 Å². The molecule has 1 amide bonds. The summed E-state index contributed by atoms with van der Waals surface area (Å²) in [5.41, 5.74) is 0.995. The van der Waals surface area contributed by atoms with Crippen molar-refractivity contribution in [2.45, 2.75) is 19.5 Å². The zero-order chi connectivity index (χ0) is 21.6. The van der Waals surface area contributed by atoms with Crippen LogP contribution in [-0.2, 0) is 21.4 Å². The lowest BCUT2D eigenvalue weighted by Crippen LogP contribution is -2.47. The largest absolute Gasteiger partial charge is 0.497 e. The van der Waals surface area contributed by atoms with Crippen molar-refractivity contribution in [2.24, 2.45) is 0 Å². The molecule has 1 atom stereocenters. The van der Waals surface area contributed by atoms with Crippen molar-refractivity contribution in [2.75, 3.05) is 31.9 Å². The third kappa shape index (κ3) is 5.32. The summed E-state index contributed by atoms with van der Waals surface area (Å²) >= 11 is 0. The number of sulfonamides is 1. The quantitative estimate of drug-likeness (QED) is 0.666. The molecule has 0 aliphatic carbocycles. The highest BCUT2D eigenvalue weighted by Crippen LogP contribution is 2.35. The zero-order valence-electron chi connectivity index (χ0n) is 17.1. The molecule has 0 saturated heterocycles. The van der Waals surface area contributed by atoms with E-state index >= 15 is 0 Å². The van der Waals surface area contributed by atoms with E-state index in [1.165, 1.54) is 27.2 Å². The fraction of sp³-hybridized carbons (Fsp3) is 0.350. The fourth-order valence-corrected chi connectivity index (χ4v) is 4.10. The Morgan fingerprint density at radius 1 is 1.03 bits per heavy atom. The Balaban J connectivity index is 2.32. The summed E-state index contributed by atoms with van der Waals surface area (Å²) in [4.78, 5) is 12.8. The number of hydrogen-bond acceptors (Lipinski definition) is 6. The highest BCUT2D eigenvalue weighted by molar-refractivity contribution is 7.92. The maximum atomic E-state index is 12.8. The third-order valence-corrected chi connectivity index (χ3v) is 5.59. The predicted octanol–water partition coefficient (Wildman–Crippen LogP) is 2.18. The standard InChI is InChI=1S/C20H26N2O6S/c1-14(20(23)21-13-15-8-6-7-9-18(15)27-3)22(29(5,24)25)17-12-16(26-2)10-11-19(17)28-4/h6-12,14H,13H2,1-5H3,(H,21,23). The number of nitrogens with zero attached hydrogens (tertiary/aromatic N) is 1. The van der Waals surface area contributed by atoms with Gasteiger partial charge in [0, 0.05) is 18.2 Å². The van der Waals surface area contributed by atoms with Crippen LogP contribution in [0.1, 0.15) is 12.5 Å². The van der Waals surface area contributed by atoms with Gasteiger partial charge in [-0.25, -0.2) is 8.42 Å². The third-order valence-electron chi connectivity index (χ3n) is 4.36.